The third-order valence-corrected chi connectivity index (χ3v) is 7.52. The minimum absolute atomic E-state index is 0.133. The highest BCUT2D eigenvalue weighted by molar-refractivity contribution is 7.88. The van der Waals surface area contributed by atoms with Gasteiger partial charge in [0, 0.05) is 13.1 Å². The van der Waals surface area contributed by atoms with E-state index in [0.717, 1.165) is 0 Å². The minimum Gasteiger partial charge on any atom is -0.492 e. The summed E-state index contributed by atoms with van der Waals surface area (Å²) in [5.74, 6) is -0.686. The van der Waals surface area contributed by atoms with E-state index in [0.29, 0.717) is 40.7 Å². The molecule has 2 aromatic rings. The van der Waals surface area contributed by atoms with Gasteiger partial charge in [-0.15, -0.1) is 0 Å². The lowest BCUT2D eigenvalue weighted by molar-refractivity contribution is -0.126. The van der Waals surface area contributed by atoms with Gasteiger partial charge in [-0.2, -0.15) is 0 Å². The van der Waals surface area contributed by atoms with E-state index >= 15 is 0 Å². The van der Waals surface area contributed by atoms with E-state index in [-0.39, 0.29) is 37.2 Å². The molecule has 0 unspecified atom stereocenters. The second-order valence-electron chi connectivity index (χ2n) is 7.30. The summed E-state index contributed by atoms with van der Waals surface area (Å²) < 4.78 is 45.4. The summed E-state index contributed by atoms with van der Waals surface area (Å²) in [7, 11) is -3.60. The molecule has 1 amide bonds. The molecule has 0 aliphatic carbocycles. The zero-order valence-corrected chi connectivity index (χ0v) is 19.0. The first kappa shape index (κ1) is 23.8. The molecule has 0 bridgehead atoms. The summed E-state index contributed by atoms with van der Waals surface area (Å²) in [6.07, 6.45) is 1.22. The molecule has 0 radical (unpaired) electrons. The van der Waals surface area contributed by atoms with Crippen molar-refractivity contribution in [2.24, 2.45) is 5.92 Å². The van der Waals surface area contributed by atoms with Gasteiger partial charge in [-0.1, -0.05) is 29.3 Å². The molecule has 3 rings (SSSR count). The minimum atomic E-state index is -3.60. The maximum Gasteiger partial charge on any atom is 0.224 e. The zero-order chi connectivity index (χ0) is 22.4. The number of ether oxygens (including phenoxy) is 1. The van der Waals surface area contributed by atoms with Crippen LogP contribution in [-0.2, 0) is 20.6 Å². The van der Waals surface area contributed by atoms with Gasteiger partial charge < -0.3 is 10.1 Å². The summed E-state index contributed by atoms with van der Waals surface area (Å²) in [5.41, 5.74) is 0.541. The molecular formula is C21H23Cl2FN2O4S. The Morgan fingerprint density at radius 1 is 1.16 bits per heavy atom. The fraction of sp³-hybridized carbons (Fsp3) is 0.381. The monoisotopic (exact) mass is 488 g/mol. The Labute approximate surface area is 191 Å². The summed E-state index contributed by atoms with van der Waals surface area (Å²) in [5, 5.41) is 3.44. The van der Waals surface area contributed by atoms with E-state index < -0.39 is 15.9 Å². The topological polar surface area (TPSA) is 75.7 Å². The highest BCUT2D eigenvalue weighted by atomic mass is 35.5. The van der Waals surface area contributed by atoms with Gasteiger partial charge in [0.05, 0.1) is 28.3 Å². The van der Waals surface area contributed by atoms with Gasteiger partial charge in [0.1, 0.15) is 18.2 Å². The number of sulfonamides is 1. The lowest BCUT2D eigenvalue weighted by atomic mass is 9.99. The Hall–Kier alpha value is -1.87. The van der Waals surface area contributed by atoms with Crippen molar-refractivity contribution >= 4 is 39.1 Å². The molecule has 1 heterocycles. The van der Waals surface area contributed by atoms with Gasteiger partial charge in [-0.05, 0) is 54.8 Å². The van der Waals surface area contributed by atoms with Gasteiger partial charge in [-0.25, -0.2) is 17.1 Å². The molecule has 1 atom stereocenters. The number of nitrogens with zero attached hydrogens (tertiary/aromatic N) is 1. The van der Waals surface area contributed by atoms with Crippen LogP contribution in [-0.4, -0.2) is 44.9 Å². The Bertz CT molecular complexity index is 1020. The number of halogens is 3. The van der Waals surface area contributed by atoms with Crippen molar-refractivity contribution in [1.29, 1.82) is 0 Å². The predicted molar refractivity (Wildman–Crippen MR) is 118 cm³/mol. The Morgan fingerprint density at radius 2 is 1.90 bits per heavy atom. The van der Waals surface area contributed by atoms with E-state index in [9.17, 15) is 17.6 Å². The van der Waals surface area contributed by atoms with Crippen molar-refractivity contribution < 1.29 is 22.3 Å². The van der Waals surface area contributed by atoms with Crippen molar-refractivity contribution in [3.63, 3.8) is 0 Å². The van der Waals surface area contributed by atoms with Crippen LogP contribution in [0.2, 0.25) is 10.0 Å². The lowest BCUT2D eigenvalue weighted by Gasteiger charge is -2.31. The van der Waals surface area contributed by atoms with Crippen LogP contribution in [0.3, 0.4) is 0 Å². The molecule has 10 heteroatoms. The average molecular weight is 489 g/mol. The molecule has 1 fully saturated rings. The first-order valence-corrected chi connectivity index (χ1v) is 12.2. The molecular weight excluding hydrogens is 466 g/mol. The van der Waals surface area contributed by atoms with Crippen molar-refractivity contribution in [3.8, 4) is 5.75 Å². The first-order chi connectivity index (χ1) is 14.7. The number of nitrogens with one attached hydrogen (secondary N) is 1. The summed E-state index contributed by atoms with van der Waals surface area (Å²) in [4.78, 5) is 12.5. The van der Waals surface area contributed by atoms with Crippen molar-refractivity contribution in [2.75, 3.05) is 26.2 Å². The predicted octanol–water partition coefficient (Wildman–Crippen LogP) is 3.87. The standard InChI is InChI=1S/C21H23Cl2FN2O4S/c22-19-8-3-15(12-20(19)23)14-31(28,29)26-10-1-2-16(13-26)21(27)25-9-11-30-18-6-4-17(24)5-7-18/h3-8,12,16H,1-2,9-11,13-14H2,(H,25,27)/t16-/m0/s1. The van der Waals surface area contributed by atoms with Crippen LogP contribution in [0.1, 0.15) is 18.4 Å². The van der Waals surface area contributed by atoms with Crippen LogP contribution in [0.15, 0.2) is 42.5 Å². The van der Waals surface area contributed by atoms with Gasteiger partial charge in [0.25, 0.3) is 0 Å². The molecule has 0 aromatic heterocycles. The van der Waals surface area contributed by atoms with Crippen LogP contribution < -0.4 is 10.1 Å². The third-order valence-electron chi connectivity index (χ3n) is 4.97. The third kappa shape index (κ3) is 6.80. The number of carbonyl (C=O) groups excluding carboxylic acids is 1. The smallest absolute Gasteiger partial charge is 0.224 e. The molecule has 1 saturated heterocycles. The number of hydrogen-bond donors (Lipinski definition) is 1. The van der Waals surface area contributed by atoms with Crippen LogP contribution in [0.4, 0.5) is 4.39 Å². The molecule has 31 heavy (non-hydrogen) atoms. The maximum atomic E-state index is 12.9. The Morgan fingerprint density at radius 3 is 2.61 bits per heavy atom. The Balaban J connectivity index is 1.49. The van der Waals surface area contributed by atoms with E-state index in [1.807, 2.05) is 0 Å². The number of hydrogen-bond acceptors (Lipinski definition) is 4. The molecule has 1 aliphatic rings. The van der Waals surface area contributed by atoms with Gasteiger partial charge in [-0.3, -0.25) is 4.79 Å². The molecule has 1 aliphatic heterocycles. The highest BCUT2D eigenvalue weighted by Gasteiger charge is 2.32. The molecule has 0 saturated carbocycles. The number of rotatable bonds is 8. The fourth-order valence-corrected chi connectivity index (χ4v) is 5.28. The summed E-state index contributed by atoms with van der Waals surface area (Å²) >= 11 is 11.9. The van der Waals surface area contributed by atoms with Crippen LogP contribution >= 0.6 is 23.2 Å². The molecule has 2 aromatic carbocycles. The molecule has 1 N–H and O–H groups in total. The summed E-state index contributed by atoms with van der Waals surface area (Å²) in [6.45, 7) is 1.00. The largest absolute Gasteiger partial charge is 0.492 e. The van der Waals surface area contributed by atoms with Crippen molar-refractivity contribution in [2.45, 2.75) is 18.6 Å². The number of piperidine rings is 1. The van der Waals surface area contributed by atoms with Crippen LogP contribution in [0.25, 0.3) is 0 Å². The molecule has 6 nitrogen and oxygen atoms in total. The van der Waals surface area contributed by atoms with Crippen molar-refractivity contribution in [3.05, 3.63) is 63.9 Å². The van der Waals surface area contributed by atoms with E-state index in [1.165, 1.54) is 34.6 Å². The normalized spacial score (nSPS) is 17.3. The lowest BCUT2D eigenvalue weighted by Crippen LogP contribution is -2.46. The van der Waals surface area contributed by atoms with Crippen LogP contribution in [0, 0.1) is 11.7 Å². The van der Waals surface area contributed by atoms with E-state index in [2.05, 4.69) is 5.32 Å². The highest BCUT2D eigenvalue weighted by Crippen LogP contribution is 2.26. The summed E-state index contributed by atoms with van der Waals surface area (Å²) in [6, 6.07) is 10.3. The maximum absolute atomic E-state index is 12.9. The van der Waals surface area contributed by atoms with E-state index in [4.69, 9.17) is 27.9 Å². The molecule has 0 spiro atoms. The van der Waals surface area contributed by atoms with Gasteiger partial charge in [0.2, 0.25) is 15.9 Å². The number of amides is 1. The van der Waals surface area contributed by atoms with Gasteiger partial charge in [0.15, 0.2) is 0 Å². The molecule has 168 valence electrons. The SMILES string of the molecule is O=C(NCCOc1ccc(F)cc1)[C@H]1CCCN(S(=O)(=O)Cc2ccc(Cl)c(Cl)c2)C1. The number of carbonyl (C=O) groups is 1. The zero-order valence-electron chi connectivity index (χ0n) is 16.7. The van der Waals surface area contributed by atoms with E-state index in [1.54, 1.807) is 12.1 Å². The average Bonchev–Trinajstić information content (AvgIpc) is 2.75. The number of benzene rings is 2. The van der Waals surface area contributed by atoms with Crippen molar-refractivity contribution in [1.82, 2.24) is 9.62 Å². The fourth-order valence-electron chi connectivity index (χ4n) is 3.36. The Kier molecular flexibility index (Phi) is 8.16. The quantitative estimate of drug-likeness (QED) is 0.572. The first-order valence-electron chi connectivity index (χ1n) is 9.82. The second kappa shape index (κ2) is 10.6. The second-order valence-corrected chi connectivity index (χ2v) is 10.1. The van der Waals surface area contributed by atoms with Crippen LogP contribution in [0.5, 0.6) is 5.75 Å². The van der Waals surface area contributed by atoms with Gasteiger partial charge >= 0.3 is 0 Å².